The third-order valence-electron chi connectivity index (χ3n) is 4.87. The minimum absolute atomic E-state index is 0.447. The fourth-order valence-electron chi connectivity index (χ4n) is 3.30. The van der Waals surface area contributed by atoms with Gasteiger partial charge in [0, 0.05) is 35.9 Å². The van der Waals surface area contributed by atoms with E-state index in [2.05, 4.69) is 34.1 Å². The molecular weight excluding hydrogens is 294 g/mol. The van der Waals surface area contributed by atoms with Crippen molar-refractivity contribution in [1.29, 1.82) is 0 Å². The Kier molecular flexibility index (Phi) is 4.46. The zero-order valence-corrected chi connectivity index (χ0v) is 14.7. The number of ether oxygens (including phenoxy) is 1. The Labute approximate surface area is 137 Å². The van der Waals surface area contributed by atoms with Gasteiger partial charge in [0.15, 0.2) is 0 Å². The first-order valence-corrected chi connectivity index (χ1v) is 9.10. The maximum atomic E-state index is 5.32. The molecule has 1 aromatic heterocycles. The predicted molar refractivity (Wildman–Crippen MR) is 91.6 cm³/mol. The molecule has 5 heteroatoms. The lowest BCUT2D eigenvalue weighted by atomic mass is 10.1. The van der Waals surface area contributed by atoms with Gasteiger partial charge in [-0.2, -0.15) is 11.8 Å². The summed E-state index contributed by atoms with van der Waals surface area (Å²) in [4.78, 5) is 11.3. The van der Waals surface area contributed by atoms with Gasteiger partial charge >= 0.3 is 0 Å². The molecule has 22 heavy (non-hydrogen) atoms. The topological polar surface area (TPSA) is 38.3 Å². The van der Waals surface area contributed by atoms with Gasteiger partial charge < -0.3 is 4.74 Å². The van der Waals surface area contributed by atoms with E-state index >= 15 is 0 Å². The Hall–Kier alpha value is -1.07. The molecular formula is C17H25N3OS. The number of nitrogens with zero attached hydrogens (tertiary/aromatic N) is 3. The van der Waals surface area contributed by atoms with Crippen LogP contribution in [-0.4, -0.2) is 52.1 Å². The van der Waals surface area contributed by atoms with Gasteiger partial charge in [0.2, 0.25) is 5.88 Å². The van der Waals surface area contributed by atoms with Gasteiger partial charge in [-0.05, 0) is 32.9 Å². The lowest BCUT2D eigenvalue weighted by Crippen LogP contribution is -2.38. The molecule has 0 N–H and O–H groups in total. The second-order valence-electron chi connectivity index (χ2n) is 6.53. The van der Waals surface area contributed by atoms with Crippen LogP contribution in [0.1, 0.15) is 31.0 Å². The standard InChI is InChI=1S/C17H25N3OS/c1-12-7-14(20(9-12)10-17(22-4)5-6-17)8-15-13(2)16(21-3)19-11-18-15/h7,11,14H,5-6,8-10H2,1-4H3. The first kappa shape index (κ1) is 15.8. The Bertz CT molecular complexity index is 583. The molecule has 0 bridgehead atoms. The fourth-order valence-corrected chi connectivity index (χ4v) is 4.10. The third-order valence-corrected chi connectivity index (χ3v) is 6.27. The molecule has 0 saturated heterocycles. The van der Waals surface area contributed by atoms with Crippen molar-refractivity contribution in [3.05, 3.63) is 29.2 Å². The molecule has 0 radical (unpaired) electrons. The van der Waals surface area contributed by atoms with Crippen LogP contribution in [0.25, 0.3) is 0 Å². The quantitative estimate of drug-likeness (QED) is 0.754. The molecule has 4 nitrogen and oxygen atoms in total. The van der Waals surface area contributed by atoms with E-state index in [0.717, 1.165) is 24.2 Å². The number of hydrogen-bond acceptors (Lipinski definition) is 5. The smallest absolute Gasteiger partial charge is 0.219 e. The second kappa shape index (κ2) is 6.20. The molecule has 2 heterocycles. The summed E-state index contributed by atoms with van der Waals surface area (Å²) in [6.07, 6.45) is 9.92. The Morgan fingerprint density at radius 1 is 1.36 bits per heavy atom. The zero-order valence-electron chi connectivity index (χ0n) is 13.9. The van der Waals surface area contributed by atoms with E-state index in [1.807, 2.05) is 18.7 Å². The summed E-state index contributed by atoms with van der Waals surface area (Å²) in [7, 11) is 1.67. The summed E-state index contributed by atoms with van der Waals surface area (Å²) in [5.41, 5.74) is 3.64. The maximum Gasteiger partial charge on any atom is 0.219 e. The zero-order chi connectivity index (χ0) is 15.7. The van der Waals surface area contributed by atoms with E-state index in [4.69, 9.17) is 4.74 Å². The van der Waals surface area contributed by atoms with Crippen molar-refractivity contribution in [3.8, 4) is 5.88 Å². The summed E-state index contributed by atoms with van der Waals surface area (Å²) in [5, 5.41) is 0. The molecule has 1 fully saturated rings. The van der Waals surface area contributed by atoms with Gasteiger partial charge in [-0.25, -0.2) is 9.97 Å². The molecule has 1 aliphatic heterocycles. The molecule has 2 aliphatic rings. The minimum atomic E-state index is 0.447. The van der Waals surface area contributed by atoms with Crippen LogP contribution in [0.15, 0.2) is 18.0 Å². The number of hydrogen-bond donors (Lipinski definition) is 0. The highest BCUT2D eigenvalue weighted by Gasteiger charge is 2.44. The summed E-state index contributed by atoms with van der Waals surface area (Å²) in [6, 6.07) is 0.447. The number of aromatic nitrogens is 2. The average molecular weight is 319 g/mol. The molecule has 1 unspecified atom stereocenters. The molecule has 1 atom stereocenters. The number of methoxy groups -OCH3 is 1. The normalized spacial score (nSPS) is 23.5. The molecule has 1 saturated carbocycles. The molecule has 0 amide bonds. The highest BCUT2D eigenvalue weighted by atomic mass is 32.2. The van der Waals surface area contributed by atoms with Crippen LogP contribution in [0, 0.1) is 6.92 Å². The van der Waals surface area contributed by atoms with Crippen LogP contribution >= 0.6 is 11.8 Å². The average Bonchev–Trinajstić information content (AvgIpc) is 3.20. The van der Waals surface area contributed by atoms with Crippen LogP contribution in [0.3, 0.4) is 0 Å². The SMILES string of the molecule is COc1ncnc(CC2C=C(C)CN2CC2(SC)CC2)c1C. The Morgan fingerprint density at radius 2 is 2.14 bits per heavy atom. The molecule has 0 aromatic carbocycles. The van der Waals surface area contributed by atoms with Gasteiger partial charge in [-0.1, -0.05) is 11.6 Å². The van der Waals surface area contributed by atoms with Crippen LogP contribution in [0.2, 0.25) is 0 Å². The van der Waals surface area contributed by atoms with Crippen LogP contribution in [0.4, 0.5) is 0 Å². The number of rotatable bonds is 6. The van der Waals surface area contributed by atoms with Gasteiger partial charge in [0.1, 0.15) is 6.33 Å². The van der Waals surface area contributed by atoms with Crippen LogP contribution in [-0.2, 0) is 6.42 Å². The van der Waals surface area contributed by atoms with E-state index < -0.39 is 0 Å². The van der Waals surface area contributed by atoms with Crippen molar-refractivity contribution in [3.63, 3.8) is 0 Å². The number of thioether (sulfide) groups is 1. The largest absolute Gasteiger partial charge is 0.481 e. The Balaban J connectivity index is 1.75. The first-order chi connectivity index (χ1) is 10.6. The summed E-state index contributed by atoms with van der Waals surface area (Å²) >= 11 is 2.03. The van der Waals surface area contributed by atoms with Crippen LogP contribution in [0.5, 0.6) is 5.88 Å². The van der Waals surface area contributed by atoms with Crippen molar-refractivity contribution in [2.45, 2.75) is 43.9 Å². The first-order valence-electron chi connectivity index (χ1n) is 7.88. The summed E-state index contributed by atoms with van der Waals surface area (Å²) in [5.74, 6) is 0.693. The van der Waals surface area contributed by atoms with Gasteiger partial charge in [-0.3, -0.25) is 4.90 Å². The highest BCUT2D eigenvalue weighted by Crippen LogP contribution is 2.48. The highest BCUT2D eigenvalue weighted by molar-refractivity contribution is 8.00. The van der Waals surface area contributed by atoms with Gasteiger partial charge in [0.05, 0.1) is 12.8 Å². The van der Waals surface area contributed by atoms with E-state index in [9.17, 15) is 0 Å². The monoisotopic (exact) mass is 319 g/mol. The fraction of sp³-hybridized carbons (Fsp3) is 0.647. The van der Waals surface area contributed by atoms with Crippen molar-refractivity contribution in [1.82, 2.24) is 14.9 Å². The molecule has 120 valence electrons. The van der Waals surface area contributed by atoms with E-state index in [-0.39, 0.29) is 0 Å². The van der Waals surface area contributed by atoms with Crippen molar-refractivity contribution in [2.24, 2.45) is 0 Å². The van der Waals surface area contributed by atoms with Crippen molar-refractivity contribution >= 4 is 11.8 Å². The molecule has 1 aromatic rings. The van der Waals surface area contributed by atoms with Crippen molar-refractivity contribution in [2.75, 3.05) is 26.5 Å². The molecule has 1 aliphatic carbocycles. The van der Waals surface area contributed by atoms with Gasteiger partial charge in [0.25, 0.3) is 0 Å². The second-order valence-corrected chi connectivity index (χ2v) is 7.81. The molecule has 0 spiro atoms. The lowest BCUT2D eigenvalue weighted by Gasteiger charge is -2.28. The lowest BCUT2D eigenvalue weighted by molar-refractivity contribution is 0.263. The minimum Gasteiger partial charge on any atom is -0.481 e. The van der Waals surface area contributed by atoms with E-state index in [1.165, 1.54) is 25.0 Å². The summed E-state index contributed by atoms with van der Waals surface area (Å²) < 4.78 is 5.83. The van der Waals surface area contributed by atoms with Gasteiger partial charge in [-0.15, -0.1) is 0 Å². The maximum absolute atomic E-state index is 5.32. The third kappa shape index (κ3) is 3.15. The predicted octanol–water partition coefficient (Wildman–Crippen LogP) is 2.86. The van der Waals surface area contributed by atoms with E-state index in [1.54, 1.807) is 13.4 Å². The molecule has 3 rings (SSSR count). The van der Waals surface area contributed by atoms with E-state index in [0.29, 0.717) is 16.7 Å². The van der Waals surface area contributed by atoms with Crippen LogP contribution < -0.4 is 4.74 Å². The Morgan fingerprint density at radius 3 is 2.77 bits per heavy atom. The summed E-state index contributed by atoms with van der Waals surface area (Å²) in [6.45, 7) is 6.57. The van der Waals surface area contributed by atoms with Crippen molar-refractivity contribution < 1.29 is 4.74 Å².